The Labute approximate surface area is 199 Å². The summed E-state index contributed by atoms with van der Waals surface area (Å²) in [5, 5.41) is 2.67. The predicted molar refractivity (Wildman–Crippen MR) is 114 cm³/mol. The van der Waals surface area contributed by atoms with Crippen LogP contribution in [0.3, 0.4) is 0 Å². The molecule has 0 radical (unpaired) electrons. The molecule has 2 atom stereocenters. The van der Waals surface area contributed by atoms with Crippen molar-refractivity contribution < 1.29 is 35.9 Å². The number of carbonyl (C=O) groups excluding carboxylic acids is 2. The van der Waals surface area contributed by atoms with Gasteiger partial charge in [-0.25, -0.2) is 4.79 Å². The monoisotopic (exact) mass is 506 g/mol. The van der Waals surface area contributed by atoms with Gasteiger partial charge >= 0.3 is 18.4 Å². The summed E-state index contributed by atoms with van der Waals surface area (Å²) in [7, 11) is 0. The second kappa shape index (κ2) is 9.87. The molecule has 0 bridgehead atoms. The van der Waals surface area contributed by atoms with Gasteiger partial charge in [0.25, 0.3) is 0 Å². The highest BCUT2D eigenvalue weighted by molar-refractivity contribution is 5.79. The smallest absolute Gasteiger partial charge is 0.338 e. The van der Waals surface area contributed by atoms with Gasteiger partial charge in [0, 0.05) is 45.2 Å². The number of hydrogen-bond donors (Lipinski definition) is 1. The van der Waals surface area contributed by atoms with Gasteiger partial charge in [-0.1, -0.05) is 0 Å². The summed E-state index contributed by atoms with van der Waals surface area (Å²) < 4.78 is 78.5. The molecule has 3 fully saturated rings. The molecule has 1 aromatic rings. The van der Waals surface area contributed by atoms with Crippen molar-refractivity contribution in [3.8, 4) is 0 Å². The lowest BCUT2D eigenvalue weighted by Gasteiger charge is -2.47. The Hall–Kier alpha value is -2.50. The maximum atomic E-state index is 13.1. The van der Waals surface area contributed by atoms with Crippen molar-refractivity contribution in [2.75, 3.05) is 32.7 Å². The van der Waals surface area contributed by atoms with Crippen LogP contribution in [0.15, 0.2) is 18.2 Å². The van der Waals surface area contributed by atoms with E-state index in [0.717, 1.165) is 25.7 Å². The SMILES string of the molecule is O=C1CCC2CN([C@@H]3CCCCN3C(=O)NCCc3cc(C(F)(F)F)cc(C(F)(F)F)c3)CCN12. The third kappa shape index (κ3) is 5.84. The summed E-state index contributed by atoms with van der Waals surface area (Å²) in [6, 6.07) is 1.23. The second-order valence-corrected chi connectivity index (χ2v) is 9.34. The largest absolute Gasteiger partial charge is 0.416 e. The third-order valence-electron chi connectivity index (χ3n) is 7.02. The van der Waals surface area contributed by atoms with Crippen LogP contribution in [0.2, 0.25) is 0 Å². The first-order chi connectivity index (χ1) is 16.4. The van der Waals surface area contributed by atoms with E-state index in [1.807, 2.05) is 4.90 Å². The van der Waals surface area contributed by atoms with E-state index in [9.17, 15) is 35.9 Å². The molecule has 1 unspecified atom stereocenters. The maximum Gasteiger partial charge on any atom is 0.416 e. The fourth-order valence-corrected chi connectivity index (χ4v) is 5.27. The minimum atomic E-state index is -4.91. The highest BCUT2D eigenvalue weighted by Crippen LogP contribution is 2.36. The first-order valence-electron chi connectivity index (χ1n) is 11.8. The molecule has 3 aliphatic rings. The molecule has 0 spiro atoms. The van der Waals surface area contributed by atoms with Crippen LogP contribution >= 0.6 is 0 Å². The fourth-order valence-electron chi connectivity index (χ4n) is 5.27. The Morgan fingerprint density at radius 3 is 2.29 bits per heavy atom. The van der Waals surface area contributed by atoms with E-state index in [0.29, 0.717) is 44.7 Å². The number of benzene rings is 1. The first kappa shape index (κ1) is 25.6. The highest BCUT2D eigenvalue weighted by Gasteiger charge is 2.40. The number of likely N-dealkylation sites (tertiary alicyclic amines) is 1. The van der Waals surface area contributed by atoms with Crippen molar-refractivity contribution in [1.82, 2.24) is 20.0 Å². The molecule has 0 saturated carbocycles. The van der Waals surface area contributed by atoms with Crippen molar-refractivity contribution in [1.29, 1.82) is 0 Å². The van der Waals surface area contributed by atoms with Gasteiger partial charge in [0.15, 0.2) is 0 Å². The molecule has 3 aliphatic heterocycles. The number of hydrogen-bond acceptors (Lipinski definition) is 3. The van der Waals surface area contributed by atoms with Crippen LogP contribution in [-0.2, 0) is 23.6 Å². The molecule has 3 heterocycles. The molecule has 12 heteroatoms. The molecule has 6 nitrogen and oxygen atoms in total. The van der Waals surface area contributed by atoms with Crippen molar-refractivity contribution in [2.24, 2.45) is 0 Å². The molecule has 0 aliphatic carbocycles. The number of nitrogens with one attached hydrogen (secondary N) is 1. The number of rotatable bonds is 4. The molecule has 35 heavy (non-hydrogen) atoms. The standard InChI is InChI=1S/C23H28F6N4O2/c24-22(25,26)16-11-15(12-17(13-16)23(27,28)29)6-7-30-21(35)33-8-2-1-3-19(33)31-9-10-32-18(14-31)4-5-20(32)34/h11-13,18-19H,1-10,14H2,(H,30,35)/t18?,19-/m0/s1. The number of carbonyl (C=O) groups is 2. The average molecular weight is 506 g/mol. The molecule has 0 aromatic heterocycles. The fraction of sp³-hybridized carbons (Fsp3) is 0.652. The van der Waals surface area contributed by atoms with Gasteiger partial charge in [0.1, 0.15) is 0 Å². The Morgan fingerprint density at radius 1 is 0.943 bits per heavy atom. The number of piperazine rings is 1. The molecular formula is C23H28F6N4O2. The number of piperidine rings is 1. The van der Waals surface area contributed by atoms with Crippen LogP contribution in [0.25, 0.3) is 0 Å². The Morgan fingerprint density at radius 2 is 1.63 bits per heavy atom. The summed E-state index contributed by atoms with van der Waals surface area (Å²) in [4.78, 5) is 30.7. The minimum Gasteiger partial charge on any atom is -0.338 e. The molecule has 1 N–H and O–H groups in total. The van der Waals surface area contributed by atoms with E-state index in [1.54, 1.807) is 4.90 Å². The number of halogens is 6. The van der Waals surface area contributed by atoms with Crippen molar-refractivity contribution in [2.45, 2.75) is 63.1 Å². The maximum absolute atomic E-state index is 13.1. The van der Waals surface area contributed by atoms with E-state index < -0.39 is 23.5 Å². The Balaban J connectivity index is 1.38. The Bertz CT molecular complexity index is 919. The van der Waals surface area contributed by atoms with E-state index in [4.69, 9.17) is 0 Å². The van der Waals surface area contributed by atoms with Crippen LogP contribution < -0.4 is 5.32 Å². The number of alkyl halides is 6. The van der Waals surface area contributed by atoms with Gasteiger partial charge < -0.3 is 15.1 Å². The van der Waals surface area contributed by atoms with E-state index in [-0.39, 0.29) is 48.7 Å². The predicted octanol–water partition coefficient (Wildman–Crippen LogP) is 4.09. The summed E-state index contributed by atoms with van der Waals surface area (Å²) in [6.07, 6.45) is -6.26. The zero-order chi connectivity index (χ0) is 25.4. The lowest BCUT2D eigenvalue weighted by atomic mass is 10.0. The van der Waals surface area contributed by atoms with Crippen LogP contribution in [0, 0.1) is 0 Å². The first-order valence-corrected chi connectivity index (χ1v) is 11.8. The average Bonchev–Trinajstić information content (AvgIpc) is 3.17. The normalized spacial score (nSPS) is 24.0. The molecular weight excluding hydrogens is 478 g/mol. The van der Waals surface area contributed by atoms with Gasteiger partial charge in [-0.2, -0.15) is 26.3 Å². The summed E-state index contributed by atoms with van der Waals surface area (Å²) in [5.41, 5.74) is -2.88. The van der Waals surface area contributed by atoms with E-state index >= 15 is 0 Å². The van der Waals surface area contributed by atoms with Crippen LogP contribution in [0.5, 0.6) is 0 Å². The number of amides is 3. The lowest BCUT2D eigenvalue weighted by molar-refractivity contribution is -0.143. The van der Waals surface area contributed by atoms with Crippen LogP contribution in [0.1, 0.15) is 48.8 Å². The van der Waals surface area contributed by atoms with Crippen LogP contribution in [-0.4, -0.2) is 71.6 Å². The minimum absolute atomic E-state index is 0.0917. The van der Waals surface area contributed by atoms with Gasteiger partial charge in [0.2, 0.25) is 5.91 Å². The van der Waals surface area contributed by atoms with Gasteiger partial charge in [-0.15, -0.1) is 0 Å². The zero-order valence-corrected chi connectivity index (χ0v) is 19.1. The molecule has 3 saturated heterocycles. The summed E-state index contributed by atoms with van der Waals surface area (Å²) in [5.74, 6) is 0.163. The quantitative estimate of drug-likeness (QED) is 0.626. The molecule has 1 aromatic carbocycles. The van der Waals surface area contributed by atoms with Crippen molar-refractivity contribution >= 4 is 11.9 Å². The van der Waals surface area contributed by atoms with Crippen molar-refractivity contribution in [3.05, 3.63) is 34.9 Å². The van der Waals surface area contributed by atoms with Gasteiger partial charge in [-0.3, -0.25) is 9.69 Å². The van der Waals surface area contributed by atoms with Gasteiger partial charge in [0.05, 0.1) is 17.3 Å². The Kier molecular flexibility index (Phi) is 7.21. The van der Waals surface area contributed by atoms with E-state index in [1.165, 1.54) is 0 Å². The van der Waals surface area contributed by atoms with Gasteiger partial charge in [-0.05, 0) is 55.9 Å². The summed E-state index contributed by atoms with van der Waals surface area (Å²) in [6.45, 7) is 2.38. The molecule has 194 valence electrons. The topological polar surface area (TPSA) is 55.9 Å². The number of nitrogens with zero attached hydrogens (tertiary/aromatic N) is 3. The highest BCUT2D eigenvalue weighted by atomic mass is 19.4. The lowest BCUT2D eigenvalue weighted by Crippen LogP contribution is -2.62. The summed E-state index contributed by atoms with van der Waals surface area (Å²) >= 11 is 0. The molecule has 3 amide bonds. The molecule has 4 rings (SSSR count). The zero-order valence-electron chi connectivity index (χ0n) is 19.1. The van der Waals surface area contributed by atoms with Crippen molar-refractivity contribution in [3.63, 3.8) is 0 Å². The van der Waals surface area contributed by atoms with E-state index in [2.05, 4.69) is 10.2 Å². The second-order valence-electron chi connectivity index (χ2n) is 9.34. The number of urea groups is 1. The number of fused-ring (bicyclic) bond motifs is 1. The van der Waals surface area contributed by atoms with Crippen LogP contribution in [0.4, 0.5) is 31.1 Å². The third-order valence-corrected chi connectivity index (χ3v) is 7.02.